The molecule has 0 spiro atoms. The molecule has 2 heterocycles. The quantitative estimate of drug-likeness (QED) is 0.385. The Morgan fingerprint density at radius 1 is 0.944 bits per heavy atom. The SMILES string of the molecule is COc1cc(/C=C/C(=O)O[C@H]2C[C@@H]3C[C@H](OC(=O)Cc4ccccc4)C[C@H]2N3C)cc(OC)c1OC. The number of esters is 2. The number of likely N-dealkylation sites (N-methyl/N-ethyl adjacent to an activating group) is 1. The first-order valence-corrected chi connectivity index (χ1v) is 12.1. The molecule has 0 radical (unpaired) electrons. The molecule has 2 saturated heterocycles. The Balaban J connectivity index is 1.35. The number of nitrogens with zero attached hydrogens (tertiary/aromatic N) is 1. The molecule has 2 bridgehead atoms. The lowest BCUT2D eigenvalue weighted by molar-refractivity contribution is -0.153. The van der Waals surface area contributed by atoms with Crippen LogP contribution in [0.2, 0.25) is 0 Å². The third-order valence-corrected chi connectivity index (χ3v) is 6.93. The molecule has 2 aliphatic rings. The van der Waals surface area contributed by atoms with E-state index in [1.54, 1.807) is 32.4 Å². The lowest BCUT2D eigenvalue weighted by atomic mass is 10.00. The van der Waals surface area contributed by atoms with Crippen LogP contribution in [0.4, 0.5) is 0 Å². The zero-order valence-corrected chi connectivity index (χ0v) is 21.1. The zero-order valence-electron chi connectivity index (χ0n) is 21.1. The van der Waals surface area contributed by atoms with E-state index in [2.05, 4.69) is 4.90 Å². The molecule has 0 saturated carbocycles. The topological polar surface area (TPSA) is 83.5 Å². The number of fused-ring (bicyclic) bond motifs is 2. The molecule has 2 aliphatic heterocycles. The van der Waals surface area contributed by atoms with E-state index in [1.807, 2.05) is 37.4 Å². The lowest BCUT2D eigenvalue weighted by Crippen LogP contribution is -2.46. The number of methoxy groups -OCH3 is 3. The molecule has 0 N–H and O–H groups in total. The summed E-state index contributed by atoms with van der Waals surface area (Å²) >= 11 is 0. The highest BCUT2D eigenvalue weighted by atomic mass is 16.6. The first-order chi connectivity index (χ1) is 17.4. The fourth-order valence-electron chi connectivity index (χ4n) is 5.14. The molecule has 4 atom stereocenters. The second kappa shape index (κ2) is 11.5. The van der Waals surface area contributed by atoms with E-state index in [0.29, 0.717) is 29.2 Å². The van der Waals surface area contributed by atoms with Crippen LogP contribution in [-0.4, -0.2) is 69.5 Å². The molecule has 2 fully saturated rings. The highest BCUT2D eigenvalue weighted by Gasteiger charge is 2.47. The maximum Gasteiger partial charge on any atom is 0.331 e. The minimum absolute atomic E-state index is 0.0109. The molecule has 0 aromatic heterocycles. The van der Waals surface area contributed by atoms with E-state index in [9.17, 15) is 9.59 Å². The van der Waals surface area contributed by atoms with Crippen molar-refractivity contribution in [1.82, 2.24) is 4.90 Å². The number of hydrogen-bond acceptors (Lipinski definition) is 8. The highest BCUT2D eigenvalue weighted by Crippen LogP contribution is 2.39. The average Bonchev–Trinajstić information content (AvgIpc) is 3.04. The van der Waals surface area contributed by atoms with Crippen LogP contribution in [0.3, 0.4) is 0 Å². The van der Waals surface area contributed by atoms with Gasteiger partial charge in [-0.15, -0.1) is 0 Å². The van der Waals surface area contributed by atoms with Gasteiger partial charge in [-0.1, -0.05) is 30.3 Å². The van der Waals surface area contributed by atoms with Gasteiger partial charge in [-0.3, -0.25) is 9.69 Å². The molecule has 8 nitrogen and oxygen atoms in total. The fraction of sp³-hybridized carbons (Fsp3) is 0.429. The number of piperidine rings is 1. The average molecular weight is 496 g/mol. The molecule has 0 amide bonds. The Morgan fingerprint density at radius 3 is 2.28 bits per heavy atom. The predicted molar refractivity (Wildman–Crippen MR) is 134 cm³/mol. The Hall–Kier alpha value is -3.52. The standard InChI is InChI=1S/C28H33NO7/c1-29-20-15-21(35-27(31)14-18-8-6-5-7-9-18)17-22(29)23(16-20)36-26(30)11-10-19-12-24(32-2)28(34-4)25(13-19)33-3/h5-13,20-23H,14-17H2,1-4H3/b11-10+/t20-,21-,22+,23-/m0/s1. The second-order valence-corrected chi connectivity index (χ2v) is 9.14. The van der Waals surface area contributed by atoms with Crippen molar-refractivity contribution in [2.24, 2.45) is 0 Å². The van der Waals surface area contributed by atoms with Crippen LogP contribution in [0.15, 0.2) is 48.5 Å². The smallest absolute Gasteiger partial charge is 0.331 e. The first-order valence-electron chi connectivity index (χ1n) is 12.1. The maximum atomic E-state index is 12.7. The van der Waals surface area contributed by atoms with Crippen LogP contribution in [0.5, 0.6) is 17.2 Å². The van der Waals surface area contributed by atoms with Crippen molar-refractivity contribution in [3.8, 4) is 17.2 Å². The normalized spacial score (nSPS) is 23.3. The van der Waals surface area contributed by atoms with Crippen LogP contribution in [0, 0.1) is 0 Å². The van der Waals surface area contributed by atoms with Crippen molar-refractivity contribution >= 4 is 18.0 Å². The summed E-state index contributed by atoms with van der Waals surface area (Å²) in [6.07, 6.45) is 4.99. The Morgan fingerprint density at radius 2 is 1.64 bits per heavy atom. The van der Waals surface area contributed by atoms with Gasteiger partial charge in [0, 0.05) is 31.4 Å². The van der Waals surface area contributed by atoms with Gasteiger partial charge in [0.1, 0.15) is 12.2 Å². The summed E-state index contributed by atoms with van der Waals surface area (Å²) in [6.45, 7) is 0. The van der Waals surface area contributed by atoms with E-state index >= 15 is 0 Å². The van der Waals surface area contributed by atoms with Crippen molar-refractivity contribution < 1.29 is 33.3 Å². The van der Waals surface area contributed by atoms with Gasteiger partial charge in [0.25, 0.3) is 0 Å². The number of carbonyl (C=O) groups is 2. The zero-order chi connectivity index (χ0) is 25.7. The third-order valence-electron chi connectivity index (χ3n) is 6.93. The van der Waals surface area contributed by atoms with Crippen LogP contribution < -0.4 is 14.2 Å². The van der Waals surface area contributed by atoms with E-state index in [4.69, 9.17) is 23.7 Å². The third kappa shape index (κ3) is 5.82. The van der Waals surface area contributed by atoms with E-state index in [-0.39, 0.29) is 36.7 Å². The van der Waals surface area contributed by atoms with Gasteiger partial charge in [0.05, 0.1) is 33.8 Å². The minimum Gasteiger partial charge on any atom is -0.493 e. The summed E-state index contributed by atoms with van der Waals surface area (Å²) in [4.78, 5) is 27.4. The predicted octanol–water partition coefficient (Wildman–Crippen LogP) is 3.66. The van der Waals surface area contributed by atoms with Crippen LogP contribution in [0.1, 0.15) is 30.4 Å². The second-order valence-electron chi connectivity index (χ2n) is 9.14. The van der Waals surface area contributed by atoms with E-state index in [0.717, 1.165) is 18.4 Å². The molecule has 36 heavy (non-hydrogen) atoms. The molecule has 4 rings (SSSR count). The van der Waals surface area contributed by atoms with Crippen LogP contribution >= 0.6 is 0 Å². The van der Waals surface area contributed by atoms with Gasteiger partial charge in [-0.05, 0) is 36.4 Å². The van der Waals surface area contributed by atoms with Crippen molar-refractivity contribution in [3.05, 3.63) is 59.7 Å². The summed E-state index contributed by atoms with van der Waals surface area (Å²) in [5.74, 6) is 0.845. The summed E-state index contributed by atoms with van der Waals surface area (Å²) < 4.78 is 27.7. The van der Waals surface area contributed by atoms with Gasteiger partial charge in [-0.2, -0.15) is 0 Å². The number of rotatable bonds is 9. The Bertz CT molecular complexity index is 1080. The lowest BCUT2D eigenvalue weighted by Gasteiger charge is -2.36. The Kier molecular flexibility index (Phi) is 8.15. The monoisotopic (exact) mass is 495 g/mol. The molecule has 192 valence electrons. The van der Waals surface area contributed by atoms with Crippen molar-refractivity contribution in [3.63, 3.8) is 0 Å². The Labute approximate surface area is 211 Å². The highest BCUT2D eigenvalue weighted by molar-refractivity contribution is 5.87. The van der Waals surface area contributed by atoms with Gasteiger partial charge in [0.15, 0.2) is 11.5 Å². The van der Waals surface area contributed by atoms with Gasteiger partial charge in [-0.25, -0.2) is 4.79 Å². The number of hydrogen-bond donors (Lipinski definition) is 0. The number of carbonyl (C=O) groups excluding carboxylic acids is 2. The van der Waals surface area contributed by atoms with Crippen LogP contribution in [-0.2, 0) is 25.5 Å². The van der Waals surface area contributed by atoms with E-state index < -0.39 is 5.97 Å². The number of ether oxygens (including phenoxy) is 5. The summed E-state index contributed by atoms with van der Waals surface area (Å²) in [5.41, 5.74) is 1.65. The molecular weight excluding hydrogens is 462 g/mol. The fourth-order valence-corrected chi connectivity index (χ4v) is 5.14. The summed E-state index contributed by atoms with van der Waals surface area (Å²) in [6, 6.07) is 13.3. The molecular formula is C28H33NO7. The molecule has 0 aliphatic carbocycles. The largest absolute Gasteiger partial charge is 0.493 e. The number of benzene rings is 2. The van der Waals surface area contributed by atoms with Crippen molar-refractivity contribution in [2.45, 2.75) is 50.0 Å². The van der Waals surface area contributed by atoms with Crippen molar-refractivity contribution in [2.75, 3.05) is 28.4 Å². The van der Waals surface area contributed by atoms with E-state index in [1.165, 1.54) is 13.2 Å². The minimum atomic E-state index is -0.424. The molecule has 2 aromatic carbocycles. The van der Waals surface area contributed by atoms with Gasteiger partial charge >= 0.3 is 11.9 Å². The van der Waals surface area contributed by atoms with Gasteiger partial charge < -0.3 is 23.7 Å². The maximum absolute atomic E-state index is 12.7. The summed E-state index contributed by atoms with van der Waals surface area (Å²) in [5, 5.41) is 0. The molecule has 2 aromatic rings. The first kappa shape index (κ1) is 25.6. The molecule has 8 heteroatoms. The van der Waals surface area contributed by atoms with Crippen molar-refractivity contribution in [1.29, 1.82) is 0 Å². The van der Waals surface area contributed by atoms with Gasteiger partial charge in [0.2, 0.25) is 5.75 Å². The summed E-state index contributed by atoms with van der Waals surface area (Å²) in [7, 11) is 6.66. The van der Waals surface area contributed by atoms with Crippen LogP contribution in [0.25, 0.3) is 6.08 Å². The molecule has 0 unspecified atom stereocenters.